The van der Waals surface area contributed by atoms with Gasteiger partial charge < -0.3 is 5.32 Å². The van der Waals surface area contributed by atoms with Gasteiger partial charge in [-0.3, -0.25) is 11.8 Å². The van der Waals surface area contributed by atoms with E-state index in [4.69, 9.17) is 0 Å². The van der Waals surface area contributed by atoms with Crippen LogP contribution in [0.15, 0.2) is 0 Å². The van der Waals surface area contributed by atoms with Crippen molar-refractivity contribution in [3.05, 3.63) is 7.05 Å². The minimum Gasteiger partial charge on any atom is -0.497 e. The van der Waals surface area contributed by atoms with Crippen LogP contribution in [0.5, 0.6) is 0 Å². The summed E-state index contributed by atoms with van der Waals surface area (Å²) in [6.07, 6.45) is 0. The second-order valence-electron chi connectivity index (χ2n) is 0.881. The Bertz CT molecular complexity index is 123. The van der Waals surface area contributed by atoms with Crippen LogP contribution < -0.4 is 56.7 Å². The summed E-state index contributed by atoms with van der Waals surface area (Å²) in [5.74, 6) is 4.30. The molecule has 1 amide bonds. The number of rotatable bonds is 0. The fourth-order valence-corrected chi connectivity index (χ4v) is 0.158. The Kier molecular flexibility index (Phi) is 27.7. The fourth-order valence-electron chi connectivity index (χ4n) is 0.158. The van der Waals surface area contributed by atoms with Crippen molar-refractivity contribution in [3.63, 3.8) is 0 Å². The molecule has 0 unspecified atom stereocenters. The van der Waals surface area contributed by atoms with Gasteiger partial charge in [0.1, 0.15) is 0 Å². The number of carbonyl (C=O) groups is 1. The van der Waals surface area contributed by atoms with Gasteiger partial charge in [-0.2, -0.15) is 0 Å². The molecule has 10 heavy (non-hydrogen) atoms. The van der Waals surface area contributed by atoms with Crippen LogP contribution in [-0.4, -0.2) is 5.91 Å². The van der Waals surface area contributed by atoms with E-state index >= 15 is 0 Å². The van der Waals surface area contributed by atoms with Gasteiger partial charge in [-0.1, -0.05) is 19.8 Å². The molecule has 0 atom stereocenters. The van der Waals surface area contributed by atoms with Crippen LogP contribution >= 0.6 is 0 Å². The summed E-state index contributed by atoms with van der Waals surface area (Å²) in [5.41, 5.74) is 0. The molecule has 0 aliphatic heterocycles. The fraction of sp³-hybridized carbons (Fsp3) is 0.429. The molecular weight excluding hydrogens is 153 g/mol. The maximum atomic E-state index is 10.1. The third kappa shape index (κ3) is 15.9. The van der Waals surface area contributed by atoms with Gasteiger partial charge in [-0.15, -0.1) is 0 Å². The predicted molar refractivity (Wildman–Crippen MR) is 38.3 cm³/mol. The monoisotopic (exact) mass is 165 g/mol. The molecule has 0 bridgehead atoms. The van der Waals surface area contributed by atoms with Crippen molar-refractivity contribution < 1.29 is 56.2 Å². The summed E-state index contributed by atoms with van der Waals surface area (Å²) in [6.45, 7) is 5.59. The first kappa shape index (κ1) is 17.0. The zero-order chi connectivity index (χ0) is 7.70. The van der Waals surface area contributed by atoms with E-state index in [-0.39, 0.29) is 57.3 Å². The van der Waals surface area contributed by atoms with Gasteiger partial charge >= 0.3 is 51.4 Å². The summed E-state index contributed by atoms with van der Waals surface area (Å²) in [4.78, 5) is 10.1. The van der Waals surface area contributed by atoms with Crippen molar-refractivity contribution in [2.75, 3.05) is 0 Å². The van der Waals surface area contributed by atoms with Gasteiger partial charge in [0.2, 0.25) is 0 Å². The minimum absolute atomic E-state index is 0. The summed E-state index contributed by atoms with van der Waals surface area (Å²) >= 11 is 0. The van der Waals surface area contributed by atoms with Crippen molar-refractivity contribution in [2.45, 2.75) is 20.8 Å². The van der Waals surface area contributed by atoms with Crippen molar-refractivity contribution in [2.24, 2.45) is 0 Å². The number of nitrogens with one attached hydrogen (secondary N) is 1. The van der Waals surface area contributed by atoms with Crippen LogP contribution in [0, 0.1) is 18.9 Å². The van der Waals surface area contributed by atoms with E-state index in [0.717, 1.165) is 0 Å². The van der Waals surface area contributed by atoms with Gasteiger partial charge in [0.05, 0.1) is 0 Å². The molecule has 0 aliphatic rings. The molecule has 3 heteroatoms. The molecule has 0 fully saturated rings. The molecule has 0 heterocycles. The number of hydrogen-bond acceptors (Lipinski definition) is 1. The number of carbonyl (C=O) groups excluding carboxylic acids is 1. The molecule has 0 aromatic carbocycles. The first-order chi connectivity index (χ1) is 4.31. The maximum absolute atomic E-state index is 10.1. The summed E-state index contributed by atoms with van der Waals surface area (Å²) in [5, 5.41) is 2.10. The first-order valence-corrected chi connectivity index (χ1v) is 2.81. The third-order valence-electron chi connectivity index (χ3n) is 0.399. The summed E-state index contributed by atoms with van der Waals surface area (Å²) in [6, 6.07) is 0. The number of amides is 1. The van der Waals surface area contributed by atoms with Crippen molar-refractivity contribution in [1.29, 1.82) is 0 Å². The molecule has 1 N–H and O–H groups in total. The molecule has 52 valence electrons. The maximum Gasteiger partial charge on any atom is 1.00 e. The van der Waals surface area contributed by atoms with Gasteiger partial charge in [-0.25, -0.2) is 0 Å². The van der Waals surface area contributed by atoms with Crippen LogP contribution in [0.2, 0.25) is 0 Å². The van der Waals surface area contributed by atoms with Gasteiger partial charge in [0, 0.05) is 0 Å². The minimum atomic E-state index is -0.345. The van der Waals surface area contributed by atoms with E-state index in [1.807, 2.05) is 13.8 Å². The van der Waals surface area contributed by atoms with E-state index in [9.17, 15) is 4.79 Å². The van der Waals surface area contributed by atoms with Crippen LogP contribution in [0.25, 0.3) is 0 Å². The van der Waals surface area contributed by atoms with E-state index in [0.29, 0.717) is 0 Å². The molecule has 0 saturated heterocycles. The summed E-state index contributed by atoms with van der Waals surface area (Å²) < 4.78 is 0. The molecule has 0 aliphatic carbocycles. The van der Waals surface area contributed by atoms with Gasteiger partial charge in [-0.05, 0) is 12.8 Å². The topological polar surface area (TPSA) is 29.1 Å². The van der Waals surface area contributed by atoms with Gasteiger partial charge in [0.25, 0.3) is 5.91 Å². The normalized spacial score (nSPS) is 4.80. The first-order valence-electron chi connectivity index (χ1n) is 2.81. The molecule has 0 radical (unpaired) electrons. The van der Waals surface area contributed by atoms with E-state index in [2.05, 4.69) is 24.2 Å². The molecule has 0 aromatic rings. The third-order valence-corrected chi connectivity index (χ3v) is 0.399. The Hall–Kier alpha value is 0.666. The molecule has 0 spiro atoms. The standard InChI is InChI=1S/C5H6NO.C2H6.K/c1-3-4-5(7)6-2;1-2;/h2H2,1H3,(H,6,7);1-2H3;/q-1;;+1. The molecule has 0 aromatic heterocycles. The Labute approximate surface area is 106 Å². The van der Waals surface area contributed by atoms with Crippen LogP contribution in [0.4, 0.5) is 0 Å². The van der Waals surface area contributed by atoms with E-state index in [1.165, 1.54) is 0 Å². The largest absolute Gasteiger partial charge is 1.00 e. The van der Waals surface area contributed by atoms with Crippen molar-refractivity contribution in [3.8, 4) is 11.8 Å². The predicted octanol–water partition coefficient (Wildman–Crippen LogP) is -2.05. The SMILES string of the molecule is CC.[CH2-]NC(=O)C#CC.[K+]. The zero-order valence-electron chi connectivity index (χ0n) is 7.12. The molecule has 0 rings (SSSR count). The summed E-state index contributed by atoms with van der Waals surface area (Å²) in [7, 11) is 3.10. The van der Waals surface area contributed by atoms with Gasteiger partial charge in [0.15, 0.2) is 0 Å². The second-order valence-corrected chi connectivity index (χ2v) is 0.881. The average Bonchev–Trinajstić information content (AvgIpc) is 1.93. The Morgan fingerprint density at radius 2 is 1.90 bits per heavy atom. The van der Waals surface area contributed by atoms with Crippen molar-refractivity contribution >= 4 is 5.91 Å². The van der Waals surface area contributed by atoms with Crippen molar-refractivity contribution in [1.82, 2.24) is 5.32 Å². The Morgan fingerprint density at radius 3 is 2.00 bits per heavy atom. The van der Waals surface area contributed by atoms with E-state index < -0.39 is 0 Å². The van der Waals surface area contributed by atoms with Crippen LogP contribution in [0.3, 0.4) is 0 Å². The van der Waals surface area contributed by atoms with E-state index in [1.54, 1.807) is 6.92 Å². The molecule has 2 nitrogen and oxygen atoms in total. The quantitative estimate of drug-likeness (QED) is 0.250. The Morgan fingerprint density at radius 1 is 1.50 bits per heavy atom. The Balaban J connectivity index is -0.000000149. The molecular formula is C7H12KNO. The smallest absolute Gasteiger partial charge is 0.497 e. The number of hydrogen-bond donors (Lipinski definition) is 1. The van der Waals surface area contributed by atoms with Crippen LogP contribution in [0.1, 0.15) is 20.8 Å². The zero-order valence-corrected chi connectivity index (χ0v) is 10.2. The molecule has 0 saturated carbocycles. The van der Waals surface area contributed by atoms with Crippen LogP contribution in [-0.2, 0) is 4.79 Å². The second kappa shape index (κ2) is 16.3. The average molecular weight is 165 g/mol.